The van der Waals surface area contributed by atoms with Crippen LogP contribution in [0.4, 0.5) is 0 Å². The van der Waals surface area contributed by atoms with Gasteiger partial charge in [0.2, 0.25) is 5.76 Å². The fourth-order valence-electron chi connectivity index (χ4n) is 3.34. The molecule has 20 heavy (non-hydrogen) atoms. The van der Waals surface area contributed by atoms with Crippen LogP contribution in [0, 0.1) is 17.8 Å². The molecule has 110 valence electrons. The third-order valence-electron chi connectivity index (χ3n) is 4.37. The first-order chi connectivity index (χ1) is 9.58. The summed E-state index contributed by atoms with van der Waals surface area (Å²) in [5, 5.41) is 0. The molecule has 0 radical (unpaired) electrons. The summed E-state index contributed by atoms with van der Waals surface area (Å²) in [6.07, 6.45) is 4.49. The van der Waals surface area contributed by atoms with E-state index in [4.69, 9.17) is 9.15 Å². The maximum absolute atomic E-state index is 12.0. The molecule has 4 heteroatoms. The van der Waals surface area contributed by atoms with E-state index in [9.17, 15) is 4.79 Å². The molecule has 1 heterocycles. The third-order valence-corrected chi connectivity index (χ3v) is 4.37. The van der Waals surface area contributed by atoms with Crippen molar-refractivity contribution in [3.05, 3.63) is 17.3 Å². The molecule has 2 fully saturated rings. The molecule has 2 aliphatic rings. The number of hydrogen-bond acceptors (Lipinski definition) is 4. The lowest BCUT2D eigenvalue weighted by atomic mass is 10.0. The van der Waals surface area contributed by atoms with Crippen LogP contribution in [0.15, 0.2) is 4.42 Å². The molecule has 2 atom stereocenters. The number of rotatable bonds is 5. The molecule has 0 N–H and O–H groups in total. The van der Waals surface area contributed by atoms with Gasteiger partial charge in [0, 0.05) is 5.92 Å². The van der Waals surface area contributed by atoms with E-state index >= 15 is 0 Å². The minimum Gasteiger partial charge on any atom is -0.460 e. The number of oxazole rings is 1. The molecule has 1 aromatic heterocycles. The lowest BCUT2D eigenvalue weighted by Crippen LogP contribution is -2.08. The summed E-state index contributed by atoms with van der Waals surface area (Å²) in [5.41, 5.74) is 0.772. The average molecular weight is 277 g/mol. The number of aromatic nitrogens is 1. The second-order valence-electron chi connectivity index (χ2n) is 6.57. The van der Waals surface area contributed by atoms with E-state index in [-0.39, 0.29) is 5.97 Å². The number of carbonyl (C=O) groups is 1. The normalized spacial score (nSPS) is 27.7. The number of hydrogen-bond donors (Lipinski definition) is 0. The van der Waals surface area contributed by atoms with Crippen molar-refractivity contribution in [2.75, 3.05) is 6.61 Å². The number of nitrogens with zero attached hydrogens (tertiary/aromatic N) is 1. The van der Waals surface area contributed by atoms with Crippen LogP contribution in [0.1, 0.15) is 68.1 Å². The third kappa shape index (κ3) is 2.60. The second kappa shape index (κ2) is 5.23. The Bertz CT molecular complexity index is 496. The highest BCUT2D eigenvalue weighted by atomic mass is 16.5. The molecule has 0 amide bonds. The predicted molar refractivity (Wildman–Crippen MR) is 74.6 cm³/mol. The number of esters is 1. The molecule has 0 aliphatic heterocycles. The van der Waals surface area contributed by atoms with Gasteiger partial charge < -0.3 is 9.15 Å². The van der Waals surface area contributed by atoms with Gasteiger partial charge in [0.1, 0.15) is 0 Å². The summed E-state index contributed by atoms with van der Waals surface area (Å²) in [6, 6.07) is 0. The van der Waals surface area contributed by atoms with Crippen LogP contribution in [-0.2, 0) is 11.2 Å². The summed E-state index contributed by atoms with van der Waals surface area (Å²) in [6.45, 7) is 6.41. The molecule has 0 bridgehead atoms. The van der Waals surface area contributed by atoms with Gasteiger partial charge in [-0.3, -0.25) is 0 Å². The van der Waals surface area contributed by atoms with Crippen molar-refractivity contribution in [2.45, 2.75) is 52.4 Å². The van der Waals surface area contributed by atoms with Gasteiger partial charge in [-0.2, -0.15) is 0 Å². The highest BCUT2D eigenvalue weighted by Crippen LogP contribution is 2.57. The van der Waals surface area contributed by atoms with E-state index in [0.717, 1.165) is 29.8 Å². The van der Waals surface area contributed by atoms with Gasteiger partial charge in [0.05, 0.1) is 12.3 Å². The number of ether oxygens (including phenoxy) is 1. The van der Waals surface area contributed by atoms with Crippen molar-refractivity contribution in [3.8, 4) is 0 Å². The van der Waals surface area contributed by atoms with Gasteiger partial charge in [-0.25, -0.2) is 9.78 Å². The highest BCUT2D eigenvalue weighted by molar-refractivity contribution is 5.87. The molecular weight excluding hydrogens is 254 g/mol. The van der Waals surface area contributed by atoms with Crippen molar-refractivity contribution in [1.29, 1.82) is 0 Å². The van der Waals surface area contributed by atoms with Crippen LogP contribution < -0.4 is 0 Å². The summed E-state index contributed by atoms with van der Waals surface area (Å²) in [5.74, 6) is 3.33. The standard InChI is InChI=1S/C16H23NO3/c1-4-19-16(18)14-13(5-9(2)3)17-15(20-14)12-7-10-6-11(10)8-12/h9-12H,4-8H2,1-3H3. The van der Waals surface area contributed by atoms with Crippen LogP contribution in [0.5, 0.6) is 0 Å². The zero-order valence-electron chi connectivity index (χ0n) is 12.5. The lowest BCUT2D eigenvalue weighted by Gasteiger charge is -2.05. The van der Waals surface area contributed by atoms with Gasteiger partial charge in [-0.1, -0.05) is 13.8 Å². The fraction of sp³-hybridized carbons (Fsp3) is 0.750. The van der Waals surface area contributed by atoms with Crippen LogP contribution in [0.2, 0.25) is 0 Å². The summed E-state index contributed by atoms with van der Waals surface area (Å²) in [4.78, 5) is 16.6. The number of fused-ring (bicyclic) bond motifs is 1. The molecule has 2 saturated carbocycles. The van der Waals surface area contributed by atoms with E-state index in [1.165, 1.54) is 19.3 Å². The molecule has 4 nitrogen and oxygen atoms in total. The SMILES string of the molecule is CCOC(=O)c1oc(C2CC3CC3C2)nc1CC(C)C. The van der Waals surface area contributed by atoms with Gasteiger partial charge >= 0.3 is 5.97 Å². The van der Waals surface area contributed by atoms with Crippen molar-refractivity contribution in [3.63, 3.8) is 0 Å². The average Bonchev–Trinajstić information content (AvgIpc) is 2.84. The van der Waals surface area contributed by atoms with Crippen molar-refractivity contribution in [1.82, 2.24) is 4.98 Å². The highest BCUT2D eigenvalue weighted by Gasteiger charge is 2.48. The minimum atomic E-state index is -0.370. The van der Waals surface area contributed by atoms with Crippen LogP contribution in [0.3, 0.4) is 0 Å². The Balaban J connectivity index is 1.82. The first-order valence-corrected chi connectivity index (χ1v) is 7.75. The second-order valence-corrected chi connectivity index (χ2v) is 6.57. The molecular formula is C16H23NO3. The summed E-state index contributed by atoms with van der Waals surface area (Å²) >= 11 is 0. The Morgan fingerprint density at radius 1 is 1.35 bits per heavy atom. The number of carbonyl (C=O) groups excluding carboxylic acids is 1. The van der Waals surface area contributed by atoms with Gasteiger partial charge in [-0.05, 0) is 50.4 Å². The fourth-order valence-corrected chi connectivity index (χ4v) is 3.34. The Morgan fingerprint density at radius 3 is 2.65 bits per heavy atom. The first-order valence-electron chi connectivity index (χ1n) is 7.75. The van der Waals surface area contributed by atoms with Gasteiger partial charge in [0.25, 0.3) is 0 Å². The molecule has 0 aromatic carbocycles. The lowest BCUT2D eigenvalue weighted by molar-refractivity contribution is 0.0485. The molecule has 2 aliphatic carbocycles. The predicted octanol–water partition coefficient (Wildman–Crippen LogP) is 3.56. The Morgan fingerprint density at radius 2 is 2.05 bits per heavy atom. The van der Waals surface area contributed by atoms with E-state index in [1.807, 2.05) is 6.92 Å². The van der Waals surface area contributed by atoms with Crippen LogP contribution >= 0.6 is 0 Å². The monoisotopic (exact) mass is 277 g/mol. The zero-order chi connectivity index (χ0) is 14.3. The molecule has 3 rings (SSSR count). The van der Waals surface area contributed by atoms with E-state index in [0.29, 0.717) is 24.2 Å². The topological polar surface area (TPSA) is 52.3 Å². The Hall–Kier alpha value is -1.32. The maximum atomic E-state index is 12.0. The molecule has 2 unspecified atom stereocenters. The smallest absolute Gasteiger partial charge is 0.376 e. The Labute approximate surface area is 119 Å². The Kier molecular flexibility index (Phi) is 3.57. The van der Waals surface area contributed by atoms with E-state index in [1.54, 1.807) is 0 Å². The largest absolute Gasteiger partial charge is 0.460 e. The quantitative estimate of drug-likeness (QED) is 0.772. The minimum absolute atomic E-state index is 0.330. The van der Waals surface area contributed by atoms with Gasteiger partial charge in [-0.15, -0.1) is 0 Å². The van der Waals surface area contributed by atoms with Crippen molar-refractivity contribution >= 4 is 5.97 Å². The van der Waals surface area contributed by atoms with Gasteiger partial charge in [0.15, 0.2) is 5.89 Å². The van der Waals surface area contributed by atoms with Crippen molar-refractivity contribution in [2.24, 2.45) is 17.8 Å². The zero-order valence-corrected chi connectivity index (χ0v) is 12.5. The first kappa shape index (κ1) is 13.7. The van der Waals surface area contributed by atoms with Crippen LogP contribution in [-0.4, -0.2) is 17.6 Å². The molecule has 0 saturated heterocycles. The summed E-state index contributed by atoms with van der Waals surface area (Å²) in [7, 11) is 0. The summed E-state index contributed by atoms with van der Waals surface area (Å²) < 4.78 is 10.9. The van der Waals surface area contributed by atoms with Crippen molar-refractivity contribution < 1.29 is 13.9 Å². The van der Waals surface area contributed by atoms with E-state index in [2.05, 4.69) is 18.8 Å². The molecule has 0 spiro atoms. The van der Waals surface area contributed by atoms with Crippen LogP contribution in [0.25, 0.3) is 0 Å². The maximum Gasteiger partial charge on any atom is 0.376 e. The van der Waals surface area contributed by atoms with E-state index < -0.39 is 0 Å². The molecule has 1 aromatic rings.